The van der Waals surface area contributed by atoms with Crippen molar-refractivity contribution in [2.75, 3.05) is 11.9 Å². The molecule has 25 heavy (non-hydrogen) atoms. The summed E-state index contributed by atoms with van der Waals surface area (Å²) in [5.41, 5.74) is 2.32. The van der Waals surface area contributed by atoms with Crippen molar-refractivity contribution >= 4 is 11.9 Å². The largest absolute Gasteiger partial charge is 0.354 e. The first-order valence-corrected chi connectivity index (χ1v) is 8.81. The zero-order chi connectivity index (χ0) is 18.4. The van der Waals surface area contributed by atoms with Crippen molar-refractivity contribution in [3.05, 3.63) is 53.3 Å². The first kappa shape index (κ1) is 18.9. The highest BCUT2D eigenvalue weighted by molar-refractivity contribution is 5.92. The number of hydrogen-bond donors (Lipinski definition) is 1. The first-order valence-electron chi connectivity index (χ1n) is 8.81. The summed E-state index contributed by atoms with van der Waals surface area (Å²) in [6.45, 7) is 11.5. The first-order chi connectivity index (χ1) is 11.9. The van der Waals surface area contributed by atoms with Gasteiger partial charge < -0.3 is 10.2 Å². The zero-order valence-electron chi connectivity index (χ0n) is 15.8. The van der Waals surface area contributed by atoms with Crippen LogP contribution in [0.2, 0.25) is 0 Å². The summed E-state index contributed by atoms with van der Waals surface area (Å²) >= 11 is 0. The summed E-state index contributed by atoms with van der Waals surface area (Å²) in [6.07, 6.45) is 0. The standard InChI is InChI=1S/C20H28N4O/c1-14(2)12-21-20-22-16(5)11-18(23-20)19(25)24(15(3)4)13-17-9-7-6-8-10-17/h6-11,14-15H,12-13H2,1-5H3,(H,21,22,23). The molecule has 0 bridgehead atoms. The van der Waals surface area contributed by atoms with E-state index in [1.807, 2.05) is 56.0 Å². The Morgan fingerprint density at radius 3 is 2.40 bits per heavy atom. The molecular weight excluding hydrogens is 312 g/mol. The molecule has 0 aliphatic rings. The molecule has 0 saturated carbocycles. The zero-order valence-corrected chi connectivity index (χ0v) is 15.8. The summed E-state index contributed by atoms with van der Waals surface area (Å²) in [5, 5.41) is 3.21. The van der Waals surface area contributed by atoms with Gasteiger partial charge in [0.2, 0.25) is 5.95 Å². The quantitative estimate of drug-likeness (QED) is 0.830. The molecule has 1 aromatic carbocycles. The second-order valence-corrected chi connectivity index (χ2v) is 7.01. The van der Waals surface area contributed by atoms with Gasteiger partial charge in [0.25, 0.3) is 5.91 Å². The molecule has 0 atom stereocenters. The molecule has 2 aromatic rings. The number of rotatable bonds is 7. The third-order valence-corrected chi connectivity index (χ3v) is 3.82. The van der Waals surface area contributed by atoms with Crippen molar-refractivity contribution in [2.45, 2.75) is 47.2 Å². The fourth-order valence-corrected chi connectivity index (χ4v) is 2.47. The van der Waals surface area contributed by atoms with Crippen LogP contribution in [0, 0.1) is 12.8 Å². The topological polar surface area (TPSA) is 58.1 Å². The monoisotopic (exact) mass is 340 g/mol. The molecule has 0 unspecified atom stereocenters. The van der Waals surface area contributed by atoms with Crippen molar-refractivity contribution in [2.24, 2.45) is 5.92 Å². The van der Waals surface area contributed by atoms with E-state index in [1.165, 1.54) is 0 Å². The van der Waals surface area contributed by atoms with Gasteiger partial charge in [-0.2, -0.15) is 0 Å². The number of amides is 1. The third-order valence-electron chi connectivity index (χ3n) is 3.82. The van der Waals surface area contributed by atoms with Gasteiger partial charge in [-0.3, -0.25) is 4.79 Å². The van der Waals surface area contributed by atoms with Crippen LogP contribution in [0.4, 0.5) is 5.95 Å². The van der Waals surface area contributed by atoms with Crippen molar-refractivity contribution in [3.63, 3.8) is 0 Å². The minimum absolute atomic E-state index is 0.0723. The summed E-state index contributed by atoms with van der Waals surface area (Å²) in [5.74, 6) is 0.922. The van der Waals surface area contributed by atoms with Gasteiger partial charge >= 0.3 is 0 Å². The van der Waals surface area contributed by atoms with E-state index in [1.54, 1.807) is 6.07 Å². The molecule has 1 N–H and O–H groups in total. The molecule has 0 saturated heterocycles. The molecule has 0 fully saturated rings. The van der Waals surface area contributed by atoms with Gasteiger partial charge in [0.05, 0.1) is 0 Å². The number of carbonyl (C=O) groups is 1. The van der Waals surface area contributed by atoms with Crippen LogP contribution in [0.5, 0.6) is 0 Å². The number of hydrogen-bond acceptors (Lipinski definition) is 4. The van der Waals surface area contributed by atoms with Crippen molar-refractivity contribution < 1.29 is 4.79 Å². The van der Waals surface area contributed by atoms with Crippen LogP contribution in [0.1, 0.15) is 49.4 Å². The van der Waals surface area contributed by atoms with E-state index in [0.717, 1.165) is 17.8 Å². The molecule has 5 nitrogen and oxygen atoms in total. The minimum Gasteiger partial charge on any atom is -0.354 e. The van der Waals surface area contributed by atoms with Gasteiger partial charge in [-0.1, -0.05) is 44.2 Å². The molecular formula is C20H28N4O. The van der Waals surface area contributed by atoms with Crippen LogP contribution in [0.15, 0.2) is 36.4 Å². The number of aryl methyl sites for hydroxylation is 1. The van der Waals surface area contributed by atoms with Crippen molar-refractivity contribution in [1.82, 2.24) is 14.9 Å². The molecule has 134 valence electrons. The summed E-state index contributed by atoms with van der Waals surface area (Å²) in [4.78, 5) is 23.7. The fraction of sp³-hybridized carbons (Fsp3) is 0.450. The van der Waals surface area contributed by atoms with E-state index in [0.29, 0.717) is 24.1 Å². The number of nitrogens with one attached hydrogen (secondary N) is 1. The highest BCUT2D eigenvalue weighted by Crippen LogP contribution is 2.14. The number of anilines is 1. The molecule has 0 spiro atoms. The Labute approximate surface area is 150 Å². The van der Waals surface area contributed by atoms with Crippen LogP contribution in [-0.2, 0) is 6.54 Å². The van der Waals surface area contributed by atoms with Gasteiger partial charge in [-0.05, 0) is 38.3 Å². The fourth-order valence-electron chi connectivity index (χ4n) is 2.47. The molecule has 1 heterocycles. The maximum Gasteiger partial charge on any atom is 0.273 e. The average molecular weight is 340 g/mol. The number of nitrogens with zero attached hydrogens (tertiary/aromatic N) is 3. The molecule has 0 aliphatic carbocycles. The molecule has 5 heteroatoms. The normalized spacial score (nSPS) is 11.0. The maximum absolute atomic E-state index is 13.0. The Morgan fingerprint density at radius 1 is 1.12 bits per heavy atom. The lowest BCUT2D eigenvalue weighted by Crippen LogP contribution is -2.37. The van der Waals surface area contributed by atoms with E-state index in [2.05, 4.69) is 29.1 Å². The third kappa shape index (κ3) is 5.55. The molecule has 0 aliphatic heterocycles. The van der Waals surface area contributed by atoms with Crippen LogP contribution >= 0.6 is 0 Å². The van der Waals surface area contributed by atoms with E-state index in [-0.39, 0.29) is 11.9 Å². The van der Waals surface area contributed by atoms with Crippen LogP contribution in [-0.4, -0.2) is 33.4 Å². The lowest BCUT2D eigenvalue weighted by molar-refractivity contribution is 0.0684. The summed E-state index contributed by atoms with van der Waals surface area (Å²) in [6, 6.07) is 11.8. The number of carbonyl (C=O) groups excluding carboxylic acids is 1. The second-order valence-electron chi connectivity index (χ2n) is 7.01. The SMILES string of the molecule is Cc1cc(C(=O)N(Cc2ccccc2)C(C)C)nc(NCC(C)C)n1. The van der Waals surface area contributed by atoms with Crippen molar-refractivity contribution in [3.8, 4) is 0 Å². The molecule has 2 rings (SSSR count). The maximum atomic E-state index is 13.0. The van der Waals surface area contributed by atoms with Gasteiger partial charge in [0.15, 0.2) is 0 Å². The summed E-state index contributed by atoms with van der Waals surface area (Å²) < 4.78 is 0. The molecule has 1 amide bonds. The minimum atomic E-state index is -0.0723. The van der Waals surface area contributed by atoms with E-state index < -0.39 is 0 Å². The highest BCUT2D eigenvalue weighted by atomic mass is 16.2. The van der Waals surface area contributed by atoms with E-state index in [9.17, 15) is 4.79 Å². The van der Waals surface area contributed by atoms with Crippen LogP contribution < -0.4 is 5.32 Å². The predicted octanol–water partition coefficient (Wildman–Crippen LogP) is 3.90. The Balaban J connectivity index is 2.23. The smallest absolute Gasteiger partial charge is 0.273 e. The van der Waals surface area contributed by atoms with Gasteiger partial charge in [-0.15, -0.1) is 0 Å². The predicted molar refractivity (Wildman–Crippen MR) is 102 cm³/mol. The van der Waals surface area contributed by atoms with Gasteiger partial charge in [0.1, 0.15) is 5.69 Å². The Bertz CT molecular complexity index is 698. The Hall–Kier alpha value is -2.43. The summed E-state index contributed by atoms with van der Waals surface area (Å²) in [7, 11) is 0. The highest BCUT2D eigenvalue weighted by Gasteiger charge is 2.21. The van der Waals surface area contributed by atoms with Gasteiger partial charge in [0, 0.05) is 24.8 Å². The lowest BCUT2D eigenvalue weighted by Gasteiger charge is -2.27. The number of benzene rings is 1. The second kappa shape index (κ2) is 8.60. The molecule has 0 radical (unpaired) electrons. The lowest BCUT2D eigenvalue weighted by atomic mass is 10.1. The van der Waals surface area contributed by atoms with E-state index in [4.69, 9.17) is 0 Å². The number of aromatic nitrogens is 2. The van der Waals surface area contributed by atoms with Crippen LogP contribution in [0.25, 0.3) is 0 Å². The average Bonchev–Trinajstić information content (AvgIpc) is 2.57. The Kier molecular flexibility index (Phi) is 6.51. The van der Waals surface area contributed by atoms with Crippen molar-refractivity contribution in [1.29, 1.82) is 0 Å². The van der Waals surface area contributed by atoms with E-state index >= 15 is 0 Å². The van der Waals surface area contributed by atoms with Crippen LogP contribution in [0.3, 0.4) is 0 Å². The molecule has 1 aromatic heterocycles. The van der Waals surface area contributed by atoms with Gasteiger partial charge in [-0.25, -0.2) is 9.97 Å². The Morgan fingerprint density at radius 2 is 1.80 bits per heavy atom.